The van der Waals surface area contributed by atoms with Crippen molar-refractivity contribution in [2.24, 2.45) is 0 Å². The lowest BCUT2D eigenvalue weighted by molar-refractivity contribution is -0.0626. The third-order valence-corrected chi connectivity index (χ3v) is 4.25. The van der Waals surface area contributed by atoms with Crippen LogP contribution in [0.3, 0.4) is 0 Å². The molecular formula is C16H29N3O2. The van der Waals surface area contributed by atoms with E-state index in [0.29, 0.717) is 32.6 Å². The molecule has 0 bridgehead atoms. The summed E-state index contributed by atoms with van der Waals surface area (Å²) in [6.45, 7) is 12.5. The van der Waals surface area contributed by atoms with Crippen LogP contribution in [0.5, 0.6) is 0 Å². The zero-order valence-corrected chi connectivity index (χ0v) is 13.9. The fourth-order valence-corrected chi connectivity index (χ4v) is 2.62. The van der Waals surface area contributed by atoms with Gasteiger partial charge in [0, 0.05) is 50.4 Å². The van der Waals surface area contributed by atoms with Gasteiger partial charge in [0.1, 0.15) is 0 Å². The summed E-state index contributed by atoms with van der Waals surface area (Å²) >= 11 is 0. The summed E-state index contributed by atoms with van der Waals surface area (Å²) in [5, 5.41) is 18.6. The van der Waals surface area contributed by atoms with Gasteiger partial charge in [0.15, 0.2) is 0 Å². The predicted octanol–water partition coefficient (Wildman–Crippen LogP) is 2.14. The Morgan fingerprint density at radius 3 is 2.57 bits per heavy atom. The highest BCUT2D eigenvalue weighted by Crippen LogP contribution is 2.24. The van der Waals surface area contributed by atoms with Crippen LogP contribution in [0.1, 0.15) is 57.8 Å². The highest BCUT2D eigenvalue weighted by Gasteiger charge is 2.30. The number of hydrogen-bond donors (Lipinski definition) is 2. The average Bonchev–Trinajstić information content (AvgIpc) is 2.79. The molecule has 1 saturated heterocycles. The Labute approximate surface area is 127 Å². The van der Waals surface area contributed by atoms with Crippen LogP contribution in [0.15, 0.2) is 6.20 Å². The Balaban J connectivity index is 2.00. The maximum atomic E-state index is 10.5. The van der Waals surface area contributed by atoms with E-state index in [1.807, 2.05) is 11.6 Å². The second kappa shape index (κ2) is 6.07. The molecule has 2 N–H and O–H groups in total. The van der Waals surface area contributed by atoms with Crippen LogP contribution in [0, 0.1) is 6.92 Å². The Morgan fingerprint density at radius 1 is 1.43 bits per heavy atom. The number of nitrogens with zero attached hydrogens (tertiary/aromatic N) is 2. The average molecular weight is 295 g/mol. The lowest BCUT2D eigenvalue weighted by Crippen LogP contribution is -2.45. The van der Waals surface area contributed by atoms with Gasteiger partial charge >= 0.3 is 0 Å². The van der Waals surface area contributed by atoms with E-state index >= 15 is 0 Å². The zero-order valence-electron chi connectivity index (χ0n) is 13.9. The molecule has 2 heterocycles. The van der Waals surface area contributed by atoms with Gasteiger partial charge in [-0.1, -0.05) is 0 Å². The number of hydrogen-bond acceptors (Lipinski definition) is 4. The molecule has 1 fully saturated rings. The summed E-state index contributed by atoms with van der Waals surface area (Å²) in [6, 6.07) is 0.174. The molecule has 0 aromatic carbocycles. The number of nitrogens with one attached hydrogen (secondary N) is 1. The fourth-order valence-electron chi connectivity index (χ4n) is 2.62. The molecule has 0 aliphatic carbocycles. The molecule has 5 nitrogen and oxygen atoms in total. The van der Waals surface area contributed by atoms with Crippen LogP contribution in [0.2, 0.25) is 0 Å². The van der Waals surface area contributed by atoms with Crippen molar-refractivity contribution in [1.82, 2.24) is 15.1 Å². The molecule has 2 rings (SSSR count). The SMILES string of the molecule is Cc1nn(C(C)(C)C)cc1C(C)NCC1(O)CCOCC1. The Hall–Kier alpha value is -0.910. The molecule has 21 heavy (non-hydrogen) atoms. The minimum Gasteiger partial charge on any atom is -0.388 e. The van der Waals surface area contributed by atoms with Crippen molar-refractivity contribution in [1.29, 1.82) is 0 Å². The molecule has 1 aliphatic heterocycles. The van der Waals surface area contributed by atoms with Crippen LogP contribution >= 0.6 is 0 Å². The van der Waals surface area contributed by atoms with Crippen molar-refractivity contribution in [3.8, 4) is 0 Å². The van der Waals surface area contributed by atoms with E-state index in [1.54, 1.807) is 0 Å². The lowest BCUT2D eigenvalue weighted by Gasteiger charge is -2.33. The van der Waals surface area contributed by atoms with E-state index in [4.69, 9.17) is 4.74 Å². The molecule has 1 aliphatic rings. The second-order valence-electron chi connectivity index (χ2n) is 7.22. The van der Waals surface area contributed by atoms with Crippen molar-refractivity contribution in [3.63, 3.8) is 0 Å². The summed E-state index contributed by atoms with van der Waals surface area (Å²) < 4.78 is 7.33. The van der Waals surface area contributed by atoms with Gasteiger partial charge in [-0.25, -0.2) is 0 Å². The molecular weight excluding hydrogens is 266 g/mol. The fraction of sp³-hybridized carbons (Fsp3) is 0.812. The normalized spacial score (nSPS) is 20.5. The number of rotatable bonds is 4. The number of aliphatic hydroxyl groups is 1. The smallest absolute Gasteiger partial charge is 0.0815 e. The molecule has 120 valence electrons. The van der Waals surface area contributed by atoms with Crippen molar-refractivity contribution in [2.45, 2.75) is 64.6 Å². The summed E-state index contributed by atoms with van der Waals surface area (Å²) in [4.78, 5) is 0. The lowest BCUT2D eigenvalue weighted by atomic mass is 9.94. The Bertz CT molecular complexity index is 470. The second-order valence-corrected chi connectivity index (χ2v) is 7.22. The molecule has 0 spiro atoms. The van der Waals surface area contributed by atoms with Crippen LogP contribution in [-0.2, 0) is 10.3 Å². The molecule has 1 aromatic rings. The monoisotopic (exact) mass is 295 g/mol. The van der Waals surface area contributed by atoms with Gasteiger partial charge in [-0.3, -0.25) is 4.68 Å². The molecule has 5 heteroatoms. The van der Waals surface area contributed by atoms with Crippen LogP contribution in [-0.4, -0.2) is 40.2 Å². The maximum Gasteiger partial charge on any atom is 0.0815 e. The van der Waals surface area contributed by atoms with Crippen LogP contribution in [0.4, 0.5) is 0 Å². The maximum absolute atomic E-state index is 10.5. The van der Waals surface area contributed by atoms with E-state index in [0.717, 1.165) is 5.69 Å². The van der Waals surface area contributed by atoms with Gasteiger partial charge in [-0.15, -0.1) is 0 Å². The highest BCUT2D eigenvalue weighted by atomic mass is 16.5. The summed E-state index contributed by atoms with van der Waals surface area (Å²) in [5.74, 6) is 0. The number of ether oxygens (including phenoxy) is 1. The first kappa shape index (κ1) is 16.5. The van der Waals surface area contributed by atoms with E-state index in [2.05, 4.69) is 44.3 Å². The topological polar surface area (TPSA) is 59.3 Å². The summed E-state index contributed by atoms with van der Waals surface area (Å²) in [5.41, 5.74) is 1.59. The Morgan fingerprint density at radius 2 is 2.05 bits per heavy atom. The van der Waals surface area contributed by atoms with Gasteiger partial charge in [-0.2, -0.15) is 5.10 Å². The van der Waals surface area contributed by atoms with Crippen molar-refractivity contribution >= 4 is 0 Å². The summed E-state index contributed by atoms with van der Waals surface area (Å²) in [6.07, 6.45) is 3.51. The summed E-state index contributed by atoms with van der Waals surface area (Å²) in [7, 11) is 0. The number of aromatic nitrogens is 2. The first-order valence-corrected chi connectivity index (χ1v) is 7.81. The quantitative estimate of drug-likeness (QED) is 0.893. The standard InChI is InChI=1S/C16H29N3O2/c1-12(17-11-16(20)6-8-21-9-7-16)14-10-19(15(3,4)5)18-13(14)2/h10,12,17,20H,6-9,11H2,1-5H3. The van der Waals surface area contributed by atoms with Crippen LogP contribution in [0.25, 0.3) is 0 Å². The molecule has 1 atom stereocenters. The first-order chi connectivity index (χ1) is 9.71. The van der Waals surface area contributed by atoms with Crippen molar-refractivity contribution in [3.05, 3.63) is 17.5 Å². The van der Waals surface area contributed by atoms with Gasteiger partial charge in [0.25, 0.3) is 0 Å². The Kier molecular flexibility index (Phi) is 4.76. The van der Waals surface area contributed by atoms with Gasteiger partial charge in [0.2, 0.25) is 0 Å². The van der Waals surface area contributed by atoms with E-state index in [9.17, 15) is 5.11 Å². The van der Waals surface area contributed by atoms with Gasteiger partial charge < -0.3 is 15.2 Å². The highest BCUT2D eigenvalue weighted by molar-refractivity contribution is 5.20. The number of aryl methyl sites for hydroxylation is 1. The largest absolute Gasteiger partial charge is 0.388 e. The minimum absolute atomic E-state index is 0.0123. The first-order valence-electron chi connectivity index (χ1n) is 7.81. The molecule has 1 aromatic heterocycles. The molecule has 1 unspecified atom stereocenters. The van der Waals surface area contributed by atoms with E-state index < -0.39 is 5.60 Å². The van der Waals surface area contributed by atoms with Crippen molar-refractivity contribution < 1.29 is 9.84 Å². The third kappa shape index (κ3) is 4.05. The molecule has 0 radical (unpaired) electrons. The molecule has 0 amide bonds. The van der Waals surface area contributed by atoms with E-state index in [1.165, 1.54) is 5.56 Å². The molecule has 0 saturated carbocycles. The predicted molar refractivity (Wildman–Crippen MR) is 83.4 cm³/mol. The van der Waals surface area contributed by atoms with E-state index in [-0.39, 0.29) is 11.6 Å². The minimum atomic E-state index is -0.638. The zero-order chi connectivity index (χ0) is 15.7. The third-order valence-electron chi connectivity index (χ3n) is 4.25. The van der Waals surface area contributed by atoms with Crippen molar-refractivity contribution in [2.75, 3.05) is 19.8 Å². The van der Waals surface area contributed by atoms with Gasteiger partial charge in [-0.05, 0) is 34.6 Å². The van der Waals surface area contributed by atoms with Crippen LogP contribution < -0.4 is 5.32 Å². The van der Waals surface area contributed by atoms with Gasteiger partial charge in [0.05, 0.1) is 16.8 Å².